The predicted octanol–water partition coefficient (Wildman–Crippen LogP) is 7.75. The molecule has 1 N–H and O–H groups in total. The number of rotatable bonds is 9. The Bertz CT molecular complexity index is 1500. The molecular weight excluding hydrogens is 564 g/mol. The first-order valence-corrected chi connectivity index (χ1v) is 12.2. The van der Waals surface area contributed by atoms with Crippen LogP contribution in [0.3, 0.4) is 0 Å². The monoisotopic (exact) mass is 583 g/mol. The number of ether oxygens (including phenoxy) is 3. The molecule has 0 saturated carbocycles. The van der Waals surface area contributed by atoms with Crippen LogP contribution in [0.2, 0.25) is 0 Å². The second-order valence-corrected chi connectivity index (χ2v) is 9.42. The average Bonchev–Trinajstić information content (AvgIpc) is 3.30. The lowest BCUT2D eigenvalue weighted by atomic mass is 10.0. The molecule has 0 radical (unpaired) electrons. The van der Waals surface area contributed by atoms with Gasteiger partial charge in [-0.15, -0.1) is 24.5 Å². The van der Waals surface area contributed by atoms with Gasteiger partial charge in [0.1, 0.15) is 28.9 Å². The smallest absolute Gasteiger partial charge is 0.486 e. The van der Waals surface area contributed by atoms with Crippen molar-refractivity contribution in [3.8, 4) is 38.9 Å². The number of alkyl halides is 6. The molecule has 13 heteroatoms. The molecule has 4 rings (SSSR count). The normalized spacial score (nSPS) is 11.8. The van der Waals surface area contributed by atoms with Gasteiger partial charge in [0, 0.05) is 5.56 Å². The fourth-order valence-electron chi connectivity index (χ4n) is 3.63. The summed E-state index contributed by atoms with van der Waals surface area (Å²) in [6.45, 7) is 1.12. The van der Waals surface area contributed by atoms with Gasteiger partial charge in [0.2, 0.25) is 0 Å². The molecule has 0 amide bonds. The Labute approximate surface area is 227 Å². The second kappa shape index (κ2) is 11.5. The number of carbonyl (C=O) groups is 1. The summed E-state index contributed by atoms with van der Waals surface area (Å²) in [7, 11) is 0. The van der Waals surface area contributed by atoms with Crippen molar-refractivity contribution in [1.82, 2.24) is 4.98 Å². The third-order valence-corrected chi connectivity index (χ3v) is 6.42. The molecular formula is C27H19F6NO5S. The number of carboxylic acid groups (broad SMARTS) is 1. The maximum absolute atomic E-state index is 13.4. The van der Waals surface area contributed by atoms with Crippen LogP contribution in [0.1, 0.15) is 16.1 Å². The highest BCUT2D eigenvalue weighted by Crippen LogP contribution is 2.40. The number of benzene rings is 3. The molecule has 1 aromatic heterocycles. The molecule has 4 aromatic rings. The Kier molecular flexibility index (Phi) is 8.24. The number of hydrogen-bond acceptors (Lipinski definition) is 6. The fraction of sp³-hybridized carbons (Fsp3) is 0.185. The van der Waals surface area contributed by atoms with Gasteiger partial charge in [-0.05, 0) is 72.6 Å². The highest BCUT2D eigenvalue weighted by atomic mass is 32.1. The standard InChI is InChI=1S/C27H19F6NO5S/c1-15-11-20(9-10-21(15)38-14-23(35)36)37-13-22-34-24(16-5-7-19(8-6-16)39-27(31,32)33)25(40-22)17-3-2-4-18(12-17)26(28,29)30/h2-12H,13-14H2,1H3,(H,35,36). The van der Waals surface area contributed by atoms with E-state index in [4.69, 9.17) is 14.6 Å². The maximum Gasteiger partial charge on any atom is 0.573 e. The lowest BCUT2D eigenvalue weighted by Crippen LogP contribution is -2.16. The fourth-order valence-corrected chi connectivity index (χ4v) is 4.62. The highest BCUT2D eigenvalue weighted by Gasteiger charge is 2.32. The van der Waals surface area contributed by atoms with Crippen molar-refractivity contribution in [2.45, 2.75) is 26.1 Å². The number of hydrogen-bond donors (Lipinski definition) is 1. The van der Waals surface area contributed by atoms with Crippen LogP contribution < -0.4 is 14.2 Å². The summed E-state index contributed by atoms with van der Waals surface area (Å²) in [5.74, 6) is -0.817. The van der Waals surface area contributed by atoms with E-state index in [1.807, 2.05) is 0 Å². The Morgan fingerprint density at radius 1 is 0.900 bits per heavy atom. The molecule has 1 heterocycles. The van der Waals surface area contributed by atoms with Crippen LogP contribution >= 0.6 is 11.3 Å². The number of thiazole rings is 1. The minimum Gasteiger partial charge on any atom is -0.486 e. The van der Waals surface area contributed by atoms with Crippen LogP contribution in [-0.2, 0) is 17.6 Å². The highest BCUT2D eigenvalue weighted by molar-refractivity contribution is 7.15. The third kappa shape index (κ3) is 7.44. The van der Waals surface area contributed by atoms with Crippen molar-refractivity contribution in [2.24, 2.45) is 0 Å². The summed E-state index contributed by atoms with van der Waals surface area (Å²) in [6.07, 6.45) is -9.46. The SMILES string of the molecule is Cc1cc(OCc2nc(-c3ccc(OC(F)(F)F)cc3)c(-c3cccc(C(F)(F)F)c3)s2)ccc1OCC(=O)O. The van der Waals surface area contributed by atoms with Gasteiger partial charge in [0.25, 0.3) is 0 Å². The summed E-state index contributed by atoms with van der Waals surface area (Å²) in [5, 5.41) is 9.16. The molecule has 0 aliphatic rings. The lowest BCUT2D eigenvalue weighted by molar-refractivity contribution is -0.274. The number of aromatic nitrogens is 1. The van der Waals surface area contributed by atoms with E-state index < -0.39 is 36.4 Å². The van der Waals surface area contributed by atoms with Gasteiger partial charge in [0.15, 0.2) is 6.61 Å². The van der Waals surface area contributed by atoms with Crippen LogP contribution in [0.5, 0.6) is 17.2 Å². The largest absolute Gasteiger partial charge is 0.573 e. The Morgan fingerprint density at radius 3 is 2.23 bits per heavy atom. The molecule has 0 atom stereocenters. The summed E-state index contributed by atoms with van der Waals surface area (Å²) in [5.41, 5.74) is 0.594. The van der Waals surface area contributed by atoms with Gasteiger partial charge >= 0.3 is 18.5 Å². The van der Waals surface area contributed by atoms with Crippen molar-refractivity contribution >= 4 is 17.3 Å². The van der Waals surface area contributed by atoms with Crippen LogP contribution in [0, 0.1) is 6.92 Å². The van der Waals surface area contributed by atoms with Crippen LogP contribution in [0.25, 0.3) is 21.7 Å². The van der Waals surface area contributed by atoms with E-state index in [0.717, 1.165) is 35.6 Å². The first-order chi connectivity index (χ1) is 18.8. The van der Waals surface area contributed by atoms with E-state index in [2.05, 4.69) is 9.72 Å². The third-order valence-electron chi connectivity index (χ3n) is 5.34. The van der Waals surface area contributed by atoms with E-state index in [9.17, 15) is 31.1 Å². The number of halogens is 6. The molecule has 0 spiro atoms. The van der Waals surface area contributed by atoms with Gasteiger partial charge in [0.05, 0.1) is 16.1 Å². The first kappa shape index (κ1) is 28.7. The number of aryl methyl sites for hydroxylation is 1. The van der Waals surface area contributed by atoms with Crippen LogP contribution in [0.15, 0.2) is 66.7 Å². The Morgan fingerprint density at radius 2 is 1.60 bits per heavy atom. The predicted molar refractivity (Wildman–Crippen MR) is 133 cm³/mol. The van der Waals surface area contributed by atoms with Crippen molar-refractivity contribution in [3.05, 3.63) is 82.9 Å². The number of nitrogens with zero attached hydrogens (tertiary/aromatic N) is 1. The van der Waals surface area contributed by atoms with E-state index in [1.54, 1.807) is 25.1 Å². The molecule has 40 heavy (non-hydrogen) atoms. The minimum absolute atomic E-state index is 0.0688. The molecule has 6 nitrogen and oxygen atoms in total. The van der Waals surface area contributed by atoms with Gasteiger partial charge < -0.3 is 19.3 Å². The minimum atomic E-state index is -4.88. The quantitative estimate of drug-likeness (QED) is 0.203. The van der Waals surface area contributed by atoms with E-state index in [-0.39, 0.29) is 17.9 Å². The number of carboxylic acids is 1. The van der Waals surface area contributed by atoms with E-state index in [0.29, 0.717) is 32.5 Å². The van der Waals surface area contributed by atoms with Gasteiger partial charge in [-0.25, -0.2) is 9.78 Å². The van der Waals surface area contributed by atoms with E-state index in [1.165, 1.54) is 24.3 Å². The molecule has 0 fully saturated rings. The van der Waals surface area contributed by atoms with Gasteiger partial charge in [-0.1, -0.05) is 12.1 Å². The maximum atomic E-state index is 13.4. The topological polar surface area (TPSA) is 77.9 Å². The molecule has 0 saturated heterocycles. The van der Waals surface area contributed by atoms with Crippen LogP contribution in [0.4, 0.5) is 26.3 Å². The van der Waals surface area contributed by atoms with E-state index >= 15 is 0 Å². The molecule has 3 aromatic carbocycles. The van der Waals surface area contributed by atoms with Gasteiger partial charge in [-0.2, -0.15) is 13.2 Å². The molecule has 0 aliphatic carbocycles. The molecule has 210 valence electrons. The number of aliphatic carboxylic acids is 1. The van der Waals surface area contributed by atoms with Gasteiger partial charge in [-0.3, -0.25) is 0 Å². The summed E-state index contributed by atoms with van der Waals surface area (Å²) in [4.78, 5) is 15.6. The molecule has 0 aliphatic heterocycles. The Balaban J connectivity index is 1.64. The van der Waals surface area contributed by atoms with Crippen molar-refractivity contribution in [3.63, 3.8) is 0 Å². The van der Waals surface area contributed by atoms with Crippen molar-refractivity contribution < 1.29 is 50.5 Å². The van der Waals surface area contributed by atoms with Crippen LogP contribution in [-0.4, -0.2) is 29.0 Å². The average molecular weight is 584 g/mol. The van der Waals surface area contributed by atoms with Crippen molar-refractivity contribution in [2.75, 3.05) is 6.61 Å². The lowest BCUT2D eigenvalue weighted by Gasteiger charge is -2.10. The second-order valence-electron chi connectivity index (χ2n) is 8.33. The van der Waals surface area contributed by atoms with Crippen molar-refractivity contribution in [1.29, 1.82) is 0 Å². The molecule has 0 bridgehead atoms. The molecule has 0 unspecified atom stereocenters. The zero-order valence-corrected chi connectivity index (χ0v) is 21.3. The zero-order valence-electron chi connectivity index (χ0n) is 20.5. The summed E-state index contributed by atoms with van der Waals surface area (Å²) >= 11 is 1.07. The summed E-state index contributed by atoms with van der Waals surface area (Å²) in [6, 6.07) is 14.2. The first-order valence-electron chi connectivity index (χ1n) is 11.4. The Hall–Kier alpha value is -4.26. The zero-order chi connectivity index (χ0) is 29.1. The summed E-state index contributed by atoms with van der Waals surface area (Å²) < 4.78 is 92.7.